The zero-order chi connectivity index (χ0) is 14.7. The molecule has 0 bridgehead atoms. The van der Waals surface area contributed by atoms with Crippen LogP contribution in [0.5, 0.6) is 0 Å². The van der Waals surface area contributed by atoms with E-state index in [-0.39, 0.29) is 11.9 Å². The molecule has 0 saturated heterocycles. The molecule has 3 N–H and O–H groups in total. The molecular weight excluding hydrogens is 316 g/mol. The van der Waals surface area contributed by atoms with Crippen LogP contribution in [0.3, 0.4) is 0 Å². The first-order valence-electron chi connectivity index (χ1n) is 6.40. The summed E-state index contributed by atoms with van der Waals surface area (Å²) < 4.78 is 0.801. The predicted octanol–water partition coefficient (Wildman–Crippen LogP) is 3.83. The molecule has 0 radical (unpaired) electrons. The number of amides is 1. The van der Waals surface area contributed by atoms with Crippen LogP contribution in [0.15, 0.2) is 46.9 Å². The maximum atomic E-state index is 12.3. The molecule has 0 aromatic heterocycles. The van der Waals surface area contributed by atoms with E-state index in [1.807, 2.05) is 56.3 Å². The first-order chi connectivity index (χ1) is 9.47. The minimum Gasteiger partial charge on any atom is -0.399 e. The number of hydrogen-bond acceptors (Lipinski definition) is 2. The van der Waals surface area contributed by atoms with Gasteiger partial charge in [-0.15, -0.1) is 0 Å². The fraction of sp³-hybridized carbons (Fsp3) is 0.188. The number of halogens is 1. The minimum absolute atomic E-state index is 0.0980. The molecule has 0 aliphatic carbocycles. The molecule has 20 heavy (non-hydrogen) atoms. The third-order valence-corrected chi connectivity index (χ3v) is 3.78. The lowest BCUT2D eigenvalue weighted by Gasteiger charge is -2.15. The van der Waals surface area contributed by atoms with Crippen molar-refractivity contribution in [3.8, 4) is 0 Å². The van der Waals surface area contributed by atoms with Gasteiger partial charge in [0.1, 0.15) is 0 Å². The second-order valence-corrected chi connectivity index (χ2v) is 5.70. The van der Waals surface area contributed by atoms with Gasteiger partial charge in [-0.3, -0.25) is 4.79 Å². The highest BCUT2D eigenvalue weighted by Crippen LogP contribution is 2.20. The summed E-state index contributed by atoms with van der Waals surface area (Å²) in [5.41, 5.74) is 9.18. The Kier molecular flexibility index (Phi) is 4.45. The van der Waals surface area contributed by atoms with E-state index in [0.717, 1.165) is 15.6 Å². The van der Waals surface area contributed by atoms with Gasteiger partial charge in [0.2, 0.25) is 0 Å². The Morgan fingerprint density at radius 1 is 1.25 bits per heavy atom. The van der Waals surface area contributed by atoms with Crippen LogP contribution >= 0.6 is 15.9 Å². The summed E-state index contributed by atoms with van der Waals surface area (Å²) >= 11 is 3.42. The van der Waals surface area contributed by atoms with Crippen LogP contribution in [-0.2, 0) is 0 Å². The van der Waals surface area contributed by atoms with Gasteiger partial charge in [0.05, 0.1) is 11.6 Å². The summed E-state index contributed by atoms with van der Waals surface area (Å²) in [6, 6.07) is 13.1. The summed E-state index contributed by atoms with van der Waals surface area (Å²) in [6.07, 6.45) is 0. The second-order valence-electron chi connectivity index (χ2n) is 4.85. The molecule has 0 fully saturated rings. The van der Waals surface area contributed by atoms with E-state index in [1.165, 1.54) is 0 Å². The lowest BCUT2D eigenvalue weighted by atomic mass is 10.1. The third kappa shape index (κ3) is 3.39. The third-order valence-electron chi connectivity index (χ3n) is 3.13. The van der Waals surface area contributed by atoms with Crippen molar-refractivity contribution in [2.24, 2.45) is 0 Å². The largest absolute Gasteiger partial charge is 0.399 e. The molecule has 104 valence electrons. The number of carbonyl (C=O) groups is 1. The number of anilines is 1. The number of rotatable bonds is 3. The summed E-state index contributed by atoms with van der Waals surface area (Å²) in [4.78, 5) is 12.3. The highest BCUT2D eigenvalue weighted by atomic mass is 79.9. The van der Waals surface area contributed by atoms with Crippen molar-refractivity contribution in [3.05, 3.63) is 63.6 Å². The summed E-state index contributed by atoms with van der Waals surface area (Å²) in [5, 5.41) is 2.98. The molecule has 3 nitrogen and oxygen atoms in total. The Labute approximate surface area is 127 Å². The molecule has 1 atom stereocenters. The molecule has 2 aromatic carbocycles. The Balaban J connectivity index is 2.15. The average molecular weight is 333 g/mol. The SMILES string of the molecule is Cc1ccc(C(=O)NC(C)c2cccc(N)c2)c(Br)c1. The summed E-state index contributed by atoms with van der Waals surface area (Å²) in [7, 11) is 0. The number of carbonyl (C=O) groups excluding carboxylic acids is 1. The Morgan fingerprint density at radius 3 is 2.65 bits per heavy atom. The second kappa shape index (κ2) is 6.09. The zero-order valence-corrected chi connectivity index (χ0v) is 13.1. The number of nitrogens with two attached hydrogens (primary N) is 1. The van der Waals surface area contributed by atoms with E-state index in [4.69, 9.17) is 5.73 Å². The van der Waals surface area contributed by atoms with Crippen molar-refractivity contribution in [1.29, 1.82) is 0 Å². The van der Waals surface area contributed by atoms with Gasteiger partial charge < -0.3 is 11.1 Å². The fourth-order valence-electron chi connectivity index (χ4n) is 1.99. The molecule has 0 heterocycles. The Morgan fingerprint density at radius 2 is 2.00 bits per heavy atom. The van der Waals surface area contributed by atoms with Crippen LogP contribution in [0.2, 0.25) is 0 Å². The van der Waals surface area contributed by atoms with Crippen molar-refractivity contribution in [2.45, 2.75) is 19.9 Å². The van der Waals surface area contributed by atoms with Gasteiger partial charge in [-0.25, -0.2) is 0 Å². The normalized spacial score (nSPS) is 11.9. The zero-order valence-electron chi connectivity index (χ0n) is 11.5. The summed E-state index contributed by atoms with van der Waals surface area (Å²) in [5.74, 6) is -0.105. The first-order valence-corrected chi connectivity index (χ1v) is 7.19. The Hall–Kier alpha value is -1.81. The van der Waals surface area contributed by atoms with Crippen molar-refractivity contribution in [1.82, 2.24) is 5.32 Å². The minimum atomic E-state index is -0.105. The number of hydrogen-bond donors (Lipinski definition) is 2. The van der Waals surface area contributed by atoms with E-state index >= 15 is 0 Å². The topological polar surface area (TPSA) is 55.1 Å². The van der Waals surface area contributed by atoms with Gasteiger partial charge in [-0.1, -0.05) is 18.2 Å². The number of nitrogens with one attached hydrogen (secondary N) is 1. The van der Waals surface area contributed by atoms with Crippen LogP contribution in [0, 0.1) is 6.92 Å². The van der Waals surface area contributed by atoms with Gasteiger partial charge in [0, 0.05) is 10.2 Å². The molecule has 2 aromatic rings. The monoisotopic (exact) mass is 332 g/mol. The van der Waals surface area contributed by atoms with Gasteiger partial charge in [0.15, 0.2) is 0 Å². The van der Waals surface area contributed by atoms with Crippen LogP contribution in [-0.4, -0.2) is 5.91 Å². The van der Waals surface area contributed by atoms with E-state index in [2.05, 4.69) is 21.2 Å². The first kappa shape index (κ1) is 14.6. The van der Waals surface area contributed by atoms with Crippen molar-refractivity contribution >= 4 is 27.5 Å². The maximum absolute atomic E-state index is 12.3. The smallest absolute Gasteiger partial charge is 0.252 e. The van der Waals surface area contributed by atoms with Crippen LogP contribution in [0.4, 0.5) is 5.69 Å². The van der Waals surface area contributed by atoms with E-state index in [9.17, 15) is 4.79 Å². The van der Waals surface area contributed by atoms with Gasteiger partial charge in [0.25, 0.3) is 5.91 Å². The fourth-order valence-corrected chi connectivity index (χ4v) is 2.66. The quantitative estimate of drug-likeness (QED) is 0.839. The van der Waals surface area contributed by atoms with E-state index in [1.54, 1.807) is 0 Å². The van der Waals surface area contributed by atoms with Crippen molar-refractivity contribution in [3.63, 3.8) is 0 Å². The van der Waals surface area contributed by atoms with Crippen LogP contribution in [0.25, 0.3) is 0 Å². The maximum Gasteiger partial charge on any atom is 0.252 e. The number of benzene rings is 2. The average Bonchev–Trinajstić information content (AvgIpc) is 2.38. The van der Waals surface area contributed by atoms with E-state index < -0.39 is 0 Å². The van der Waals surface area contributed by atoms with Crippen LogP contribution in [0.1, 0.15) is 34.5 Å². The highest BCUT2D eigenvalue weighted by molar-refractivity contribution is 9.10. The molecular formula is C16H17BrN2O. The van der Waals surface area contributed by atoms with Crippen LogP contribution < -0.4 is 11.1 Å². The molecule has 4 heteroatoms. The molecule has 0 saturated carbocycles. The van der Waals surface area contributed by atoms with E-state index in [0.29, 0.717) is 11.3 Å². The molecule has 0 aliphatic heterocycles. The number of nitrogen functional groups attached to an aromatic ring is 1. The number of aryl methyl sites for hydroxylation is 1. The standard InChI is InChI=1S/C16H17BrN2O/c1-10-6-7-14(15(17)8-10)16(20)19-11(2)12-4-3-5-13(18)9-12/h3-9,11H,18H2,1-2H3,(H,19,20). The molecule has 1 unspecified atom stereocenters. The van der Waals surface area contributed by atoms with Gasteiger partial charge in [-0.2, -0.15) is 0 Å². The lowest BCUT2D eigenvalue weighted by Crippen LogP contribution is -2.27. The van der Waals surface area contributed by atoms with Gasteiger partial charge >= 0.3 is 0 Å². The molecule has 2 rings (SSSR count). The van der Waals surface area contributed by atoms with Gasteiger partial charge in [-0.05, 0) is 65.2 Å². The lowest BCUT2D eigenvalue weighted by molar-refractivity contribution is 0.0939. The highest BCUT2D eigenvalue weighted by Gasteiger charge is 2.14. The van der Waals surface area contributed by atoms with Crippen molar-refractivity contribution in [2.75, 3.05) is 5.73 Å². The molecule has 1 amide bonds. The molecule has 0 spiro atoms. The molecule has 0 aliphatic rings. The Bertz CT molecular complexity index is 640. The summed E-state index contributed by atoms with van der Waals surface area (Å²) in [6.45, 7) is 3.93. The predicted molar refractivity (Wildman–Crippen MR) is 85.6 cm³/mol. The van der Waals surface area contributed by atoms with Crippen molar-refractivity contribution < 1.29 is 4.79 Å².